The van der Waals surface area contributed by atoms with E-state index in [-0.39, 0.29) is 15.9 Å². The van der Waals surface area contributed by atoms with Gasteiger partial charge in [0, 0.05) is 12.6 Å². The Bertz CT molecular complexity index is 578. The summed E-state index contributed by atoms with van der Waals surface area (Å²) >= 11 is 0.855. The third kappa shape index (κ3) is 2.85. The maximum absolute atomic E-state index is 12.7. The first-order valence-electron chi connectivity index (χ1n) is 6.37. The summed E-state index contributed by atoms with van der Waals surface area (Å²) in [6.45, 7) is 3.63. The van der Waals surface area contributed by atoms with Crippen LogP contribution in [-0.4, -0.2) is 54.5 Å². The summed E-state index contributed by atoms with van der Waals surface area (Å²) in [5, 5.41) is 12.2. The number of carbonyl (C=O) groups is 1. The number of carboxylic acids is 1. The van der Waals surface area contributed by atoms with E-state index in [2.05, 4.69) is 10.3 Å². The monoisotopic (exact) mass is 319 g/mol. The highest BCUT2D eigenvalue weighted by molar-refractivity contribution is 7.91. The Labute approximate surface area is 121 Å². The quantitative estimate of drug-likeness (QED) is 0.824. The van der Waals surface area contributed by atoms with Gasteiger partial charge in [-0.25, -0.2) is 18.2 Å². The molecule has 7 nitrogen and oxygen atoms in total. The van der Waals surface area contributed by atoms with Crippen LogP contribution in [0.3, 0.4) is 0 Å². The van der Waals surface area contributed by atoms with Gasteiger partial charge in [-0.05, 0) is 25.9 Å². The van der Waals surface area contributed by atoms with Gasteiger partial charge in [-0.2, -0.15) is 4.31 Å². The lowest BCUT2D eigenvalue weighted by atomic mass is 10.1. The summed E-state index contributed by atoms with van der Waals surface area (Å²) in [5.74, 6) is -1.31. The van der Waals surface area contributed by atoms with Crippen molar-refractivity contribution in [3.8, 4) is 0 Å². The molecule has 0 unspecified atom stereocenters. The van der Waals surface area contributed by atoms with Crippen LogP contribution in [0.25, 0.3) is 0 Å². The van der Waals surface area contributed by atoms with E-state index < -0.39 is 16.0 Å². The summed E-state index contributed by atoms with van der Waals surface area (Å²) in [6, 6.07) is -0.0880. The van der Waals surface area contributed by atoms with Gasteiger partial charge in [0.25, 0.3) is 10.0 Å². The van der Waals surface area contributed by atoms with Crippen LogP contribution in [0.15, 0.2) is 9.72 Å². The van der Waals surface area contributed by atoms with E-state index in [0.29, 0.717) is 6.54 Å². The number of sulfonamides is 1. The van der Waals surface area contributed by atoms with Crippen LogP contribution in [0.4, 0.5) is 0 Å². The van der Waals surface area contributed by atoms with E-state index in [9.17, 15) is 13.2 Å². The molecule has 1 fully saturated rings. The zero-order valence-electron chi connectivity index (χ0n) is 11.1. The Balaban J connectivity index is 2.36. The molecule has 2 heterocycles. The molecule has 0 spiro atoms. The van der Waals surface area contributed by atoms with Crippen LogP contribution in [0.1, 0.15) is 30.3 Å². The molecule has 0 bridgehead atoms. The second kappa shape index (κ2) is 6.17. The number of carboxylic acid groups (broad SMARTS) is 1. The average molecular weight is 319 g/mol. The number of aromatic carboxylic acids is 1. The Morgan fingerprint density at radius 1 is 1.55 bits per heavy atom. The zero-order valence-corrected chi connectivity index (χ0v) is 12.7. The summed E-state index contributed by atoms with van der Waals surface area (Å²) in [7, 11) is -3.80. The van der Waals surface area contributed by atoms with Crippen LogP contribution in [0.5, 0.6) is 0 Å². The van der Waals surface area contributed by atoms with Gasteiger partial charge in [0.2, 0.25) is 0 Å². The maximum atomic E-state index is 12.7. The first kappa shape index (κ1) is 15.4. The summed E-state index contributed by atoms with van der Waals surface area (Å²) in [5.41, 5.74) is 0.870. The lowest BCUT2D eigenvalue weighted by Crippen LogP contribution is -2.46. The highest BCUT2D eigenvalue weighted by Gasteiger charge is 2.35. The standard InChI is InChI=1S/C11H17N3O4S2/c1-2-14(8-3-5-12-6-4-8)20(17,18)11-9(10(15)16)13-7-19-11/h7-8,12H,2-6H2,1H3,(H,15,16). The molecule has 2 rings (SSSR count). The Kier molecular flexibility index (Phi) is 4.74. The first-order chi connectivity index (χ1) is 9.48. The van der Waals surface area contributed by atoms with Gasteiger partial charge in [-0.15, -0.1) is 11.3 Å². The van der Waals surface area contributed by atoms with Crippen LogP contribution >= 0.6 is 11.3 Å². The van der Waals surface area contributed by atoms with Gasteiger partial charge < -0.3 is 10.4 Å². The molecule has 9 heteroatoms. The molecule has 2 N–H and O–H groups in total. The van der Waals surface area contributed by atoms with E-state index in [4.69, 9.17) is 5.11 Å². The molecule has 0 aliphatic carbocycles. The minimum atomic E-state index is -3.80. The minimum Gasteiger partial charge on any atom is -0.476 e. The molecule has 0 radical (unpaired) electrons. The first-order valence-corrected chi connectivity index (χ1v) is 8.69. The Morgan fingerprint density at radius 2 is 2.20 bits per heavy atom. The minimum absolute atomic E-state index is 0.0880. The molecule has 1 aliphatic rings. The predicted octanol–water partition coefficient (Wildman–Crippen LogP) is 0.604. The van der Waals surface area contributed by atoms with Gasteiger partial charge >= 0.3 is 5.97 Å². The number of thiazole rings is 1. The third-order valence-corrected chi connectivity index (χ3v) is 6.68. The molecule has 1 aromatic heterocycles. The Morgan fingerprint density at radius 3 is 2.75 bits per heavy atom. The normalized spacial score (nSPS) is 17.5. The van der Waals surface area contributed by atoms with Gasteiger partial charge in [0.05, 0.1) is 5.51 Å². The highest BCUT2D eigenvalue weighted by atomic mass is 32.2. The number of aromatic nitrogens is 1. The van der Waals surface area contributed by atoms with E-state index in [0.717, 1.165) is 37.3 Å². The number of hydrogen-bond acceptors (Lipinski definition) is 6. The van der Waals surface area contributed by atoms with Crippen molar-refractivity contribution in [3.05, 3.63) is 11.2 Å². The third-order valence-electron chi connectivity index (χ3n) is 3.31. The second-order valence-corrected chi connectivity index (χ2v) is 7.42. The van der Waals surface area contributed by atoms with E-state index >= 15 is 0 Å². The molecule has 1 saturated heterocycles. The SMILES string of the molecule is CCN(C1CCNCC1)S(=O)(=O)c1scnc1C(=O)O. The van der Waals surface area contributed by atoms with Gasteiger partial charge in [0.1, 0.15) is 0 Å². The van der Waals surface area contributed by atoms with Crippen molar-refractivity contribution in [3.63, 3.8) is 0 Å². The molecule has 0 aromatic carbocycles. The smallest absolute Gasteiger partial charge is 0.356 e. The van der Waals surface area contributed by atoms with Crippen LogP contribution in [0.2, 0.25) is 0 Å². The van der Waals surface area contributed by atoms with E-state index in [1.807, 2.05) is 0 Å². The van der Waals surface area contributed by atoms with Crippen molar-refractivity contribution in [1.82, 2.24) is 14.6 Å². The molecule has 0 atom stereocenters. The number of nitrogens with one attached hydrogen (secondary N) is 1. The number of hydrogen-bond donors (Lipinski definition) is 2. The fourth-order valence-corrected chi connectivity index (χ4v) is 5.34. The number of nitrogens with zero attached hydrogens (tertiary/aromatic N) is 2. The fraction of sp³-hybridized carbons (Fsp3) is 0.636. The van der Waals surface area contributed by atoms with Crippen LogP contribution < -0.4 is 5.32 Å². The largest absolute Gasteiger partial charge is 0.476 e. The predicted molar refractivity (Wildman–Crippen MR) is 74.5 cm³/mol. The molecular formula is C11H17N3O4S2. The van der Waals surface area contributed by atoms with Gasteiger partial charge in [-0.3, -0.25) is 0 Å². The topological polar surface area (TPSA) is 99.6 Å². The van der Waals surface area contributed by atoms with Gasteiger partial charge in [-0.1, -0.05) is 6.92 Å². The fourth-order valence-electron chi connectivity index (χ4n) is 2.39. The summed E-state index contributed by atoms with van der Waals surface area (Å²) in [4.78, 5) is 14.7. The van der Waals surface area contributed by atoms with E-state index in [1.54, 1.807) is 6.92 Å². The van der Waals surface area contributed by atoms with Crippen molar-refractivity contribution >= 4 is 27.3 Å². The summed E-state index contributed by atoms with van der Waals surface area (Å²) in [6.07, 6.45) is 1.46. The summed E-state index contributed by atoms with van der Waals surface area (Å²) < 4.78 is 26.5. The van der Waals surface area contributed by atoms with Crippen LogP contribution in [0, 0.1) is 0 Å². The Hall–Kier alpha value is -1.03. The highest BCUT2D eigenvalue weighted by Crippen LogP contribution is 2.27. The van der Waals surface area contributed by atoms with Crippen molar-refractivity contribution in [2.75, 3.05) is 19.6 Å². The number of rotatable bonds is 5. The van der Waals surface area contributed by atoms with Crippen molar-refractivity contribution in [2.45, 2.75) is 30.0 Å². The molecule has 1 aromatic rings. The van der Waals surface area contributed by atoms with Crippen LogP contribution in [-0.2, 0) is 10.0 Å². The van der Waals surface area contributed by atoms with E-state index in [1.165, 1.54) is 9.82 Å². The van der Waals surface area contributed by atoms with Crippen molar-refractivity contribution in [1.29, 1.82) is 0 Å². The molecule has 20 heavy (non-hydrogen) atoms. The van der Waals surface area contributed by atoms with Gasteiger partial charge in [0.15, 0.2) is 9.90 Å². The molecule has 0 saturated carbocycles. The van der Waals surface area contributed by atoms with Crippen molar-refractivity contribution in [2.24, 2.45) is 0 Å². The van der Waals surface area contributed by atoms with Crippen molar-refractivity contribution < 1.29 is 18.3 Å². The molecule has 0 amide bonds. The molecule has 112 valence electrons. The average Bonchev–Trinajstić information content (AvgIpc) is 2.90. The molecular weight excluding hydrogens is 302 g/mol. The maximum Gasteiger partial charge on any atom is 0.356 e. The lowest BCUT2D eigenvalue weighted by Gasteiger charge is -2.32. The zero-order chi connectivity index (χ0) is 14.8. The second-order valence-electron chi connectivity index (χ2n) is 4.48. The number of piperidine rings is 1. The lowest BCUT2D eigenvalue weighted by molar-refractivity contribution is 0.0687. The molecule has 1 aliphatic heterocycles.